The lowest BCUT2D eigenvalue weighted by molar-refractivity contribution is 0.0669. The first-order chi connectivity index (χ1) is 9.99. The molecule has 1 amide bonds. The topological polar surface area (TPSA) is 49.6 Å². The molecule has 1 aromatic carbocycles. The van der Waals surface area contributed by atoms with Crippen molar-refractivity contribution < 1.29 is 4.79 Å². The maximum atomic E-state index is 12.9. The van der Waals surface area contributed by atoms with Crippen LogP contribution in [0, 0.1) is 0 Å². The normalized spacial score (nSPS) is 15.6. The van der Waals surface area contributed by atoms with Gasteiger partial charge in [0.2, 0.25) is 0 Å². The van der Waals surface area contributed by atoms with Gasteiger partial charge in [-0.05, 0) is 45.1 Å². The summed E-state index contributed by atoms with van der Waals surface area (Å²) in [7, 11) is 4.04. The summed E-state index contributed by atoms with van der Waals surface area (Å²) in [5.74, 6) is 0.0258. The molecule has 0 aliphatic heterocycles. The zero-order valence-electron chi connectivity index (χ0n) is 12.8. The second kappa shape index (κ2) is 7.14. The number of nitrogens with two attached hydrogens (primary N) is 1. The van der Waals surface area contributed by atoms with Crippen molar-refractivity contribution >= 4 is 23.2 Å². The Hall–Kier alpha value is -1.26. The standard InChI is InChI=1S/C16H24ClN3O/c1-19(2)9-10-20(13-5-3-4-6-13)16(21)14-8-7-12(17)11-15(14)18/h7-8,11,13H,3-6,9-10,18H2,1-2H3. The van der Waals surface area contributed by atoms with Crippen molar-refractivity contribution in [1.82, 2.24) is 9.80 Å². The quantitative estimate of drug-likeness (QED) is 0.851. The van der Waals surface area contributed by atoms with Crippen LogP contribution in [0.25, 0.3) is 0 Å². The Kier molecular flexibility index (Phi) is 5.48. The second-order valence-electron chi connectivity index (χ2n) is 5.97. The van der Waals surface area contributed by atoms with Crippen LogP contribution >= 0.6 is 11.6 Å². The van der Waals surface area contributed by atoms with Gasteiger partial charge in [-0.3, -0.25) is 4.79 Å². The summed E-state index contributed by atoms with van der Waals surface area (Å²) in [6, 6.07) is 5.45. The molecule has 0 bridgehead atoms. The number of nitrogen functional groups attached to an aromatic ring is 1. The van der Waals surface area contributed by atoms with Gasteiger partial charge in [0.05, 0.1) is 5.56 Å². The van der Waals surface area contributed by atoms with Gasteiger partial charge in [-0.25, -0.2) is 0 Å². The number of hydrogen-bond donors (Lipinski definition) is 1. The molecule has 0 spiro atoms. The maximum Gasteiger partial charge on any atom is 0.256 e. The number of anilines is 1. The van der Waals surface area contributed by atoms with Gasteiger partial charge >= 0.3 is 0 Å². The van der Waals surface area contributed by atoms with Gasteiger partial charge in [0.25, 0.3) is 5.91 Å². The van der Waals surface area contributed by atoms with Gasteiger partial charge in [-0.2, -0.15) is 0 Å². The molecule has 1 aliphatic rings. The van der Waals surface area contributed by atoms with Crippen molar-refractivity contribution in [2.24, 2.45) is 0 Å². The third-order valence-corrected chi connectivity index (χ3v) is 4.29. The van der Waals surface area contributed by atoms with Crippen LogP contribution in [0.1, 0.15) is 36.0 Å². The van der Waals surface area contributed by atoms with Gasteiger partial charge in [0.15, 0.2) is 0 Å². The fourth-order valence-electron chi connectivity index (χ4n) is 2.86. The number of halogens is 1. The molecule has 1 fully saturated rings. The van der Waals surface area contributed by atoms with E-state index in [0.29, 0.717) is 22.3 Å². The zero-order valence-corrected chi connectivity index (χ0v) is 13.6. The van der Waals surface area contributed by atoms with Gasteiger partial charge in [0, 0.05) is 29.8 Å². The summed E-state index contributed by atoms with van der Waals surface area (Å²) in [4.78, 5) is 17.0. The van der Waals surface area contributed by atoms with E-state index in [9.17, 15) is 4.79 Å². The van der Waals surface area contributed by atoms with Crippen LogP contribution in [0.5, 0.6) is 0 Å². The third kappa shape index (κ3) is 4.11. The average Bonchev–Trinajstić information content (AvgIpc) is 2.92. The fraction of sp³-hybridized carbons (Fsp3) is 0.562. The summed E-state index contributed by atoms with van der Waals surface area (Å²) >= 11 is 5.92. The van der Waals surface area contributed by atoms with Crippen LogP contribution in [-0.2, 0) is 0 Å². The highest BCUT2D eigenvalue weighted by Gasteiger charge is 2.28. The number of rotatable bonds is 5. The molecule has 1 aliphatic carbocycles. The highest BCUT2D eigenvalue weighted by Crippen LogP contribution is 2.27. The molecule has 5 heteroatoms. The molecule has 2 N–H and O–H groups in total. The van der Waals surface area contributed by atoms with E-state index in [1.807, 2.05) is 19.0 Å². The summed E-state index contributed by atoms with van der Waals surface area (Å²) in [5, 5.41) is 0.560. The van der Waals surface area contributed by atoms with E-state index in [0.717, 1.165) is 25.9 Å². The van der Waals surface area contributed by atoms with Crippen LogP contribution in [0.3, 0.4) is 0 Å². The number of likely N-dealkylation sites (N-methyl/N-ethyl adjacent to an activating group) is 1. The molecule has 21 heavy (non-hydrogen) atoms. The lowest BCUT2D eigenvalue weighted by Gasteiger charge is -2.30. The molecule has 0 unspecified atom stereocenters. The van der Waals surface area contributed by atoms with Crippen molar-refractivity contribution in [2.45, 2.75) is 31.7 Å². The summed E-state index contributed by atoms with van der Waals surface area (Å²) in [6.45, 7) is 1.59. The van der Waals surface area contributed by atoms with Crippen molar-refractivity contribution in [2.75, 3.05) is 32.9 Å². The first-order valence-electron chi connectivity index (χ1n) is 7.50. The molecule has 0 saturated heterocycles. The molecule has 1 saturated carbocycles. The van der Waals surface area contributed by atoms with Crippen molar-refractivity contribution in [1.29, 1.82) is 0 Å². The largest absolute Gasteiger partial charge is 0.398 e. The van der Waals surface area contributed by atoms with Gasteiger partial charge < -0.3 is 15.5 Å². The second-order valence-corrected chi connectivity index (χ2v) is 6.41. The van der Waals surface area contributed by atoms with E-state index in [2.05, 4.69) is 4.90 Å². The highest BCUT2D eigenvalue weighted by molar-refractivity contribution is 6.31. The SMILES string of the molecule is CN(C)CCN(C(=O)c1ccc(Cl)cc1N)C1CCCC1. The smallest absolute Gasteiger partial charge is 0.256 e. The molecular weight excluding hydrogens is 286 g/mol. The zero-order chi connectivity index (χ0) is 15.4. The number of nitrogens with zero attached hydrogens (tertiary/aromatic N) is 2. The first-order valence-corrected chi connectivity index (χ1v) is 7.87. The predicted molar refractivity (Wildman–Crippen MR) is 87.7 cm³/mol. The van der Waals surface area contributed by atoms with Crippen LogP contribution in [0.4, 0.5) is 5.69 Å². The monoisotopic (exact) mass is 309 g/mol. The molecule has 0 aromatic heterocycles. The van der Waals surface area contributed by atoms with E-state index in [4.69, 9.17) is 17.3 Å². The van der Waals surface area contributed by atoms with Crippen molar-refractivity contribution in [3.05, 3.63) is 28.8 Å². The number of benzene rings is 1. The minimum Gasteiger partial charge on any atom is -0.398 e. The van der Waals surface area contributed by atoms with Gasteiger partial charge in [-0.1, -0.05) is 24.4 Å². The Labute approximate surface area is 131 Å². The lowest BCUT2D eigenvalue weighted by Crippen LogP contribution is -2.42. The fourth-order valence-corrected chi connectivity index (χ4v) is 3.04. The van der Waals surface area contributed by atoms with Crippen molar-refractivity contribution in [3.63, 3.8) is 0 Å². The van der Waals surface area contributed by atoms with Crippen molar-refractivity contribution in [3.8, 4) is 0 Å². The number of amides is 1. The Morgan fingerprint density at radius 1 is 1.29 bits per heavy atom. The van der Waals surface area contributed by atoms with E-state index >= 15 is 0 Å². The molecular formula is C16H24ClN3O. The maximum absolute atomic E-state index is 12.9. The Morgan fingerprint density at radius 3 is 2.52 bits per heavy atom. The van der Waals surface area contributed by atoms with E-state index in [1.165, 1.54) is 12.8 Å². The minimum atomic E-state index is 0.0258. The van der Waals surface area contributed by atoms with Crippen LogP contribution in [0.15, 0.2) is 18.2 Å². The number of hydrogen-bond acceptors (Lipinski definition) is 3. The van der Waals surface area contributed by atoms with Crippen LogP contribution in [0.2, 0.25) is 5.02 Å². The summed E-state index contributed by atoms with van der Waals surface area (Å²) in [5.41, 5.74) is 6.99. The molecule has 1 aromatic rings. The lowest BCUT2D eigenvalue weighted by atomic mass is 10.1. The first kappa shape index (κ1) is 16.1. The molecule has 0 heterocycles. The number of carbonyl (C=O) groups excluding carboxylic acids is 1. The van der Waals surface area contributed by atoms with Gasteiger partial charge in [0.1, 0.15) is 0 Å². The predicted octanol–water partition coefficient (Wildman–Crippen LogP) is 2.87. The molecule has 0 atom stereocenters. The molecule has 0 radical (unpaired) electrons. The van der Waals surface area contributed by atoms with E-state index < -0.39 is 0 Å². The Morgan fingerprint density at radius 2 is 1.95 bits per heavy atom. The Bertz CT molecular complexity index is 498. The average molecular weight is 310 g/mol. The third-order valence-electron chi connectivity index (χ3n) is 4.06. The molecule has 116 valence electrons. The minimum absolute atomic E-state index is 0.0258. The summed E-state index contributed by atoms with van der Waals surface area (Å²) in [6.07, 6.45) is 4.58. The highest BCUT2D eigenvalue weighted by atomic mass is 35.5. The van der Waals surface area contributed by atoms with E-state index in [-0.39, 0.29) is 5.91 Å². The Balaban J connectivity index is 2.19. The van der Waals surface area contributed by atoms with Crippen LogP contribution in [-0.4, -0.2) is 48.9 Å². The van der Waals surface area contributed by atoms with Gasteiger partial charge in [-0.15, -0.1) is 0 Å². The molecule has 4 nitrogen and oxygen atoms in total. The van der Waals surface area contributed by atoms with E-state index in [1.54, 1.807) is 18.2 Å². The number of carbonyl (C=O) groups is 1. The molecule has 2 rings (SSSR count). The summed E-state index contributed by atoms with van der Waals surface area (Å²) < 4.78 is 0. The van der Waals surface area contributed by atoms with Crippen LogP contribution < -0.4 is 5.73 Å².